The average molecular weight is 562 g/mol. The molecule has 0 spiro atoms. The number of aliphatic hydroxyl groups excluding tert-OH is 1. The van der Waals surface area contributed by atoms with Crippen molar-refractivity contribution in [3.05, 3.63) is 46.4 Å². The van der Waals surface area contributed by atoms with Gasteiger partial charge in [-0.15, -0.1) is 0 Å². The van der Waals surface area contributed by atoms with Crippen LogP contribution in [-0.4, -0.2) is 77.6 Å². The summed E-state index contributed by atoms with van der Waals surface area (Å²) in [5.74, 6) is -0.202. The monoisotopic (exact) mass is 561 g/mol. The Bertz CT molecular complexity index is 1380. The molecule has 38 heavy (non-hydrogen) atoms. The van der Waals surface area contributed by atoms with E-state index in [1.165, 1.54) is 21.9 Å². The van der Waals surface area contributed by atoms with E-state index < -0.39 is 16.1 Å². The maximum atomic E-state index is 13.5. The number of aliphatic hydroxyl groups is 1. The Labute approximate surface area is 227 Å². The molecule has 206 valence electrons. The summed E-state index contributed by atoms with van der Waals surface area (Å²) in [6.07, 6.45) is 4.91. The summed E-state index contributed by atoms with van der Waals surface area (Å²) in [5, 5.41) is 19.5. The molecule has 4 heterocycles. The Balaban J connectivity index is 1.58. The van der Waals surface area contributed by atoms with E-state index in [2.05, 4.69) is 10.6 Å². The minimum atomic E-state index is -3.20. The fourth-order valence-corrected chi connectivity index (χ4v) is 6.36. The van der Waals surface area contributed by atoms with E-state index in [0.717, 1.165) is 5.56 Å². The topological polar surface area (TPSA) is 133 Å². The van der Waals surface area contributed by atoms with Crippen LogP contribution < -0.4 is 10.6 Å². The van der Waals surface area contributed by atoms with Gasteiger partial charge in [0, 0.05) is 36.8 Å². The minimum absolute atomic E-state index is 0.175. The van der Waals surface area contributed by atoms with Gasteiger partial charge in [0.1, 0.15) is 11.4 Å². The van der Waals surface area contributed by atoms with Crippen LogP contribution in [0.15, 0.2) is 35.2 Å². The number of nitrogens with one attached hydrogen (secondary N) is 2. The van der Waals surface area contributed by atoms with Crippen molar-refractivity contribution in [1.29, 1.82) is 0 Å². The van der Waals surface area contributed by atoms with Gasteiger partial charge in [0.15, 0.2) is 5.65 Å². The van der Waals surface area contributed by atoms with E-state index in [1.54, 1.807) is 22.7 Å². The lowest BCUT2D eigenvalue weighted by Crippen LogP contribution is -2.41. The van der Waals surface area contributed by atoms with Crippen LogP contribution in [0.25, 0.3) is 16.9 Å². The van der Waals surface area contributed by atoms with E-state index in [9.17, 15) is 23.1 Å². The Morgan fingerprint density at radius 1 is 1.21 bits per heavy atom. The maximum absolute atomic E-state index is 13.5. The zero-order chi connectivity index (χ0) is 27.4. The van der Waals surface area contributed by atoms with Gasteiger partial charge in [0.2, 0.25) is 10.0 Å². The first-order valence-electron chi connectivity index (χ1n) is 12.8. The standard InChI is InChI=1S/C26H35N5O5S2/c1-17(2)13-20(15-32)28-26(34)23-22(19-8-12-37-16-19)29-24-21(5-4-9-31(23)24)25(33)27-14-18-6-10-30(11-7-18)38(3,35)36/h4-5,8-9,12,16-18,20,32H,6-7,10-11,13-15H2,1-3H3,(H,27,33)(H,28,34)/t20-/m1/s1. The van der Waals surface area contributed by atoms with Crippen LogP contribution in [0.5, 0.6) is 0 Å². The van der Waals surface area contributed by atoms with Crippen LogP contribution in [-0.2, 0) is 10.0 Å². The quantitative estimate of drug-likeness (QED) is 0.349. The van der Waals surface area contributed by atoms with Crippen molar-refractivity contribution in [1.82, 2.24) is 24.3 Å². The first kappa shape index (κ1) is 28.2. The molecular formula is C26H35N5O5S2. The molecule has 0 radical (unpaired) electrons. The number of amides is 2. The number of carbonyl (C=O) groups is 2. The summed E-state index contributed by atoms with van der Waals surface area (Å²) in [6, 6.07) is 4.87. The highest BCUT2D eigenvalue weighted by atomic mass is 32.2. The first-order valence-corrected chi connectivity index (χ1v) is 15.6. The molecule has 0 saturated carbocycles. The molecule has 1 fully saturated rings. The third kappa shape index (κ3) is 6.42. The number of aromatic nitrogens is 2. The molecule has 1 atom stereocenters. The first-order chi connectivity index (χ1) is 18.1. The number of imidazole rings is 1. The number of fused-ring (bicyclic) bond motifs is 1. The van der Waals surface area contributed by atoms with Crippen molar-refractivity contribution >= 4 is 38.8 Å². The SMILES string of the molecule is CC(C)C[C@H](CO)NC(=O)c1c(-c2ccsc2)nc2c(C(=O)NCC3CCN(S(C)(=O)=O)CC3)cccn12. The molecule has 10 nitrogen and oxygen atoms in total. The highest BCUT2D eigenvalue weighted by molar-refractivity contribution is 7.88. The number of sulfonamides is 1. The van der Waals surface area contributed by atoms with Gasteiger partial charge in [-0.2, -0.15) is 11.3 Å². The number of carbonyl (C=O) groups excluding carboxylic acids is 2. The van der Waals surface area contributed by atoms with Crippen LogP contribution in [0.3, 0.4) is 0 Å². The van der Waals surface area contributed by atoms with Gasteiger partial charge >= 0.3 is 0 Å². The molecule has 3 aromatic heterocycles. The van der Waals surface area contributed by atoms with Crippen LogP contribution in [0.1, 0.15) is 54.0 Å². The average Bonchev–Trinajstić information content (AvgIpc) is 3.54. The van der Waals surface area contributed by atoms with Gasteiger partial charge in [-0.05, 0) is 54.7 Å². The van der Waals surface area contributed by atoms with Gasteiger partial charge in [-0.25, -0.2) is 17.7 Å². The van der Waals surface area contributed by atoms with Gasteiger partial charge in [-0.3, -0.25) is 14.0 Å². The van der Waals surface area contributed by atoms with Crippen LogP contribution in [0.2, 0.25) is 0 Å². The molecular weight excluding hydrogens is 526 g/mol. The maximum Gasteiger partial charge on any atom is 0.270 e. The van der Waals surface area contributed by atoms with Crippen molar-refractivity contribution in [2.45, 2.75) is 39.2 Å². The zero-order valence-corrected chi connectivity index (χ0v) is 23.5. The van der Waals surface area contributed by atoms with Gasteiger partial charge in [-0.1, -0.05) is 13.8 Å². The molecule has 0 aromatic carbocycles. The summed E-state index contributed by atoms with van der Waals surface area (Å²) < 4.78 is 26.6. The molecule has 0 unspecified atom stereocenters. The number of hydrogen-bond donors (Lipinski definition) is 3. The fourth-order valence-electron chi connectivity index (χ4n) is 4.84. The molecule has 1 aliphatic heterocycles. The third-order valence-electron chi connectivity index (χ3n) is 6.81. The zero-order valence-electron chi connectivity index (χ0n) is 21.9. The summed E-state index contributed by atoms with van der Waals surface area (Å²) in [4.78, 5) is 31.5. The van der Waals surface area contributed by atoms with Crippen LogP contribution >= 0.6 is 11.3 Å². The second kappa shape index (κ2) is 11.9. The minimum Gasteiger partial charge on any atom is -0.394 e. The third-order valence-corrected chi connectivity index (χ3v) is 8.80. The predicted molar refractivity (Wildman–Crippen MR) is 148 cm³/mol. The lowest BCUT2D eigenvalue weighted by atomic mass is 9.98. The number of rotatable bonds is 10. The molecule has 2 amide bonds. The van der Waals surface area contributed by atoms with E-state index >= 15 is 0 Å². The Kier molecular flexibility index (Phi) is 8.86. The predicted octanol–water partition coefficient (Wildman–Crippen LogP) is 2.60. The van der Waals surface area contributed by atoms with E-state index in [1.807, 2.05) is 30.7 Å². The molecule has 0 bridgehead atoms. The second-order valence-corrected chi connectivity index (χ2v) is 13.0. The number of hydrogen-bond acceptors (Lipinski definition) is 7. The Morgan fingerprint density at radius 3 is 2.55 bits per heavy atom. The van der Waals surface area contributed by atoms with Crippen molar-refractivity contribution in [2.24, 2.45) is 11.8 Å². The van der Waals surface area contributed by atoms with E-state index in [0.29, 0.717) is 67.4 Å². The van der Waals surface area contributed by atoms with Crippen molar-refractivity contribution in [3.8, 4) is 11.3 Å². The van der Waals surface area contributed by atoms with Gasteiger partial charge in [0.25, 0.3) is 11.8 Å². The highest BCUT2D eigenvalue weighted by Crippen LogP contribution is 2.28. The second-order valence-electron chi connectivity index (χ2n) is 10.2. The van der Waals surface area contributed by atoms with Gasteiger partial charge < -0.3 is 15.7 Å². The molecule has 4 rings (SSSR count). The van der Waals surface area contributed by atoms with E-state index in [4.69, 9.17) is 4.98 Å². The number of nitrogens with zero attached hydrogens (tertiary/aromatic N) is 3. The number of pyridine rings is 1. The van der Waals surface area contributed by atoms with Crippen molar-refractivity contribution in [2.75, 3.05) is 32.5 Å². The normalized spacial score (nSPS) is 16.1. The fraction of sp³-hybridized carbons (Fsp3) is 0.500. The molecule has 1 aliphatic rings. The van der Waals surface area contributed by atoms with Crippen LogP contribution in [0, 0.1) is 11.8 Å². The molecule has 3 aromatic rings. The lowest BCUT2D eigenvalue weighted by molar-refractivity contribution is 0.0900. The molecule has 12 heteroatoms. The van der Waals surface area contributed by atoms with Crippen molar-refractivity contribution in [3.63, 3.8) is 0 Å². The summed E-state index contributed by atoms with van der Waals surface area (Å²) >= 11 is 1.49. The smallest absolute Gasteiger partial charge is 0.270 e. The summed E-state index contributed by atoms with van der Waals surface area (Å²) in [6.45, 7) is 5.20. The highest BCUT2D eigenvalue weighted by Gasteiger charge is 2.27. The van der Waals surface area contributed by atoms with Crippen molar-refractivity contribution < 1.29 is 23.1 Å². The molecule has 3 N–H and O–H groups in total. The van der Waals surface area contributed by atoms with Crippen LogP contribution in [0.4, 0.5) is 0 Å². The lowest BCUT2D eigenvalue weighted by Gasteiger charge is -2.30. The van der Waals surface area contributed by atoms with E-state index in [-0.39, 0.29) is 24.3 Å². The number of piperidine rings is 1. The Hall–Kier alpha value is -2.80. The largest absolute Gasteiger partial charge is 0.394 e. The van der Waals surface area contributed by atoms with Gasteiger partial charge in [0.05, 0.1) is 24.5 Å². The summed E-state index contributed by atoms with van der Waals surface area (Å²) in [7, 11) is -3.20. The molecule has 0 aliphatic carbocycles. The summed E-state index contributed by atoms with van der Waals surface area (Å²) in [5.41, 5.74) is 2.27. The number of thiophene rings is 1. The Morgan fingerprint density at radius 2 is 1.95 bits per heavy atom. The molecule has 1 saturated heterocycles.